The van der Waals surface area contributed by atoms with E-state index in [0.29, 0.717) is 5.56 Å². The van der Waals surface area contributed by atoms with Crippen LogP contribution in [0.2, 0.25) is 0 Å². The lowest BCUT2D eigenvalue weighted by molar-refractivity contribution is 0.0980. The van der Waals surface area contributed by atoms with Crippen LogP contribution in [0.1, 0.15) is 42.2 Å². The minimum absolute atomic E-state index is 0.00115. The highest BCUT2D eigenvalue weighted by atomic mass is 32.2. The summed E-state index contributed by atoms with van der Waals surface area (Å²) in [6, 6.07) is 6.47. The zero-order valence-electron chi connectivity index (χ0n) is 19.5. The molecule has 1 saturated heterocycles. The number of halogens is 3. The molecule has 12 heteroatoms. The standard InChI is InChI=1S/C23H26F3N5O3S/c1-14(2)12-29(3)35(33,34)28-23(32)18-11-27-31-8-7-19(21(26)22(18)31)30-13-17(25)10-20(30)15-5-4-6-16(24)9-15/h4-9,11,14,17,20H,10,12-13H2,1-3H3,(H,28,32)/t17-,20+/m0/s1. The molecule has 2 atom stereocenters. The van der Waals surface area contributed by atoms with E-state index in [2.05, 4.69) is 5.10 Å². The number of carbonyl (C=O) groups excluding carboxylic acids is 1. The molecule has 1 N–H and O–H groups in total. The summed E-state index contributed by atoms with van der Waals surface area (Å²) in [5.74, 6) is -2.37. The first-order valence-electron chi connectivity index (χ1n) is 11.1. The van der Waals surface area contributed by atoms with Gasteiger partial charge in [0.25, 0.3) is 5.91 Å². The molecule has 1 aliphatic heterocycles. The molecule has 3 aromatic rings. The Morgan fingerprint density at radius 2 is 2.03 bits per heavy atom. The molecule has 0 saturated carbocycles. The van der Waals surface area contributed by atoms with Gasteiger partial charge in [0.15, 0.2) is 5.82 Å². The van der Waals surface area contributed by atoms with Crippen molar-refractivity contribution >= 4 is 27.3 Å². The molecular weight excluding hydrogens is 483 g/mol. The Kier molecular flexibility index (Phi) is 6.78. The quantitative estimate of drug-likeness (QED) is 0.527. The molecule has 4 rings (SSSR count). The summed E-state index contributed by atoms with van der Waals surface area (Å²) < 4.78 is 73.1. The van der Waals surface area contributed by atoms with Crippen LogP contribution in [0.3, 0.4) is 0 Å². The highest BCUT2D eigenvalue weighted by Crippen LogP contribution is 2.39. The summed E-state index contributed by atoms with van der Waals surface area (Å²) >= 11 is 0. The molecule has 8 nitrogen and oxygen atoms in total. The summed E-state index contributed by atoms with van der Waals surface area (Å²) in [5.41, 5.74) is -0.0392. The van der Waals surface area contributed by atoms with Crippen LogP contribution in [0.5, 0.6) is 0 Å². The number of nitrogens with zero attached hydrogens (tertiary/aromatic N) is 4. The van der Waals surface area contributed by atoms with Gasteiger partial charge >= 0.3 is 10.2 Å². The van der Waals surface area contributed by atoms with Gasteiger partial charge in [-0.25, -0.2) is 22.4 Å². The number of rotatable bonds is 7. The maximum atomic E-state index is 15.8. The summed E-state index contributed by atoms with van der Waals surface area (Å²) in [7, 11) is -2.83. The number of carbonyl (C=O) groups is 1. The monoisotopic (exact) mass is 509 g/mol. The zero-order chi connectivity index (χ0) is 25.5. The number of pyridine rings is 1. The topological polar surface area (TPSA) is 87.0 Å². The number of hydrogen-bond donors (Lipinski definition) is 1. The van der Waals surface area contributed by atoms with Crippen molar-refractivity contribution in [3.8, 4) is 0 Å². The molecule has 35 heavy (non-hydrogen) atoms. The van der Waals surface area contributed by atoms with E-state index >= 15 is 4.39 Å². The minimum Gasteiger partial charge on any atom is -0.359 e. The largest absolute Gasteiger partial charge is 0.359 e. The second-order valence-electron chi connectivity index (χ2n) is 9.03. The zero-order valence-corrected chi connectivity index (χ0v) is 20.3. The first kappa shape index (κ1) is 25.0. The molecule has 1 amide bonds. The van der Waals surface area contributed by atoms with Crippen molar-refractivity contribution in [1.82, 2.24) is 18.6 Å². The van der Waals surface area contributed by atoms with Crippen molar-refractivity contribution in [3.63, 3.8) is 0 Å². The van der Waals surface area contributed by atoms with Crippen LogP contribution in [0.25, 0.3) is 5.52 Å². The van der Waals surface area contributed by atoms with Crippen molar-refractivity contribution in [3.05, 3.63) is 65.5 Å². The van der Waals surface area contributed by atoms with Gasteiger partial charge in [-0.1, -0.05) is 26.0 Å². The van der Waals surface area contributed by atoms with Gasteiger partial charge in [-0.15, -0.1) is 0 Å². The minimum atomic E-state index is -4.17. The molecule has 2 aromatic heterocycles. The number of fused-ring (bicyclic) bond motifs is 1. The smallest absolute Gasteiger partial charge is 0.303 e. The van der Waals surface area contributed by atoms with Crippen LogP contribution >= 0.6 is 0 Å². The van der Waals surface area contributed by atoms with Gasteiger partial charge in [0.2, 0.25) is 0 Å². The molecule has 1 fully saturated rings. The average molecular weight is 510 g/mol. The maximum absolute atomic E-state index is 15.8. The van der Waals surface area contributed by atoms with E-state index in [1.165, 1.54) is 42.4 Å². The number of nitrogens with one attached hydrogen (secondary N) is 1. The van der Waals surface area contributed by atoms with Gasteiger partial charge in [-0.2, -0.15) is 17.8 Å². The molecule has 0 spiro atoms. The second kappa shape index (κ2) is 9.50. The first-order valence-corrected chi connectivity index (χ1v) is 12.5. The third-order valence-corrected chi connectivity index (χ3v) is 7.31. The van der Waals surface area contributed by atoms with Crippen molar-refractivity contribution < 1.29 is 26.4 Å². The molecule has 3 heterocycles. The van der Waals surface area contributed by atoms with Crippen LogP contribution in [-0.4, -0.2) is 54.6 Å². The lowest BCUT2D eigenvalue weighted by Gasteiger charge is -2.27. The molecular formula is C23H26F3N5O3S. The predicted molar refractivity (Wildman–Crippen MR) is 125 cm³/mol. The number of aromatic nitrogens is 2. The fourth-order valence-electron chi connectivity index (χ4n) is 4.36. The Morgan fingerprint density at radius 1 is 1.29 bits per heavy atom. The van der Waals surface area contributed by atoms with Gasteiger partial charge in [-0.3, -0.25) is 4.79 Å². The lowest BCUT2D eigenvalue weighted by atomic mass is 10.0. The van der Waals surface area contributed by atoms with E-state index in [9.17, 15) is 22.0 Å². The van der Waals surface area contributed by atoms with Gasteiger partial charge in [0, 0.05) is 32.8 Å². The molecule has 0 aliphatic carbocycles. The normalized spacial score (nSPS) is 18.7. The van der Waals surface area contributed by atoms with Crippen LogP contribution in [0.15, 0.2) is 42.7 Å². The fourth-order valence-corrected chi connectivity index (χ4v) is 5.36. The van der Waals surface area contributed by atoms with Crippen molar-refractivity contribution in [2.45, 2.75) is 32.5 Å². The molecule has 0 bridgehead atoms. The van der Waals surface area contributed by atoms with E-state index < -0.39 is 40.0 Å². The Morgan fingerprint density at radius 3 is 2.71 bits per heavy atom. The second-order valence-corrected chi connectivity index (χ2v) is 10.8. The summed E-state index contributed by atoms with van der Waals surface area (Å²) in [6.07, 6.45) is 1.24. The molecule has 0 radical (unpaired) electrons. The van der Waals surface area contributed by atoms with Crippen LogP contribution < -0.4 is 9.62 Å². The van der Waals surface area contributed by atoms with Gasteiger partial charge in [-0.05, 0) is 29.7 Å². The summed E-state index contributed by atoms with van der Waals surface area (Å²) in [4.78, 5) is 14.3. The van der Waals surface area contributed by atoms with E-state index in [-0.39, 0.29) is 42.2 Å². The number of amides is 1. The Bertz CT molecular complexity index is 1360. The van der Waals surface area contributed by atoms with Gasteiger partial charge < -0.3 is 4.90 Å². The molecule has 1 aliphatic rings. The number of alkyl halides is 1. The van der Waals surface area contributed by atoms with Crippen LogP contribution in [-0.2, 0) is 10.2 Å². The lowest BCUT2D eigenvalue weighted by Crippen LogP contribution is -2.42. The fraction of sp³-hybridized carbons (Fsp3) is 0.391. The van der Waals surface area contributed by atoms with Gasteiger partial charge in [0.05, 0.1) is 23.5 Å². The Hall–Kier alpha value is -3.12. The van der Waals surface area contributed by atoms with Gasteiger partial charge in [0.1, 0.15) is 17.5 Å². The van der Waals surface area contributed by atoms with Crippen molar-refractivity contribution in [2.75, 3.05) is 25.0 Å². The van der Waals surface area contributed by atoms with Crippen LogP contribution in [0, 0.1) is 17.6 Å². The van der Waals surface area contributed by atoms with Crippen molar-refractivity contribution in [2.24, 2.45) is 5.92 Å². The Labute approximate surface area is 201 Å². The van der Waals surface area contributed by atoms with Crippen LogP contribution in [0.4, 0.5) is 18.9 Å². The number of hydrogen-bond acceptors (Lipinski definition) is 5. The third kappa shape index (κ3) is 4.98. The molecule has 188 valence electrons. The van der Waals surface area contributed by atoms with E-state index in [1.807, 2.05) is 18.6 Å². The van der Waals surface area contributed by atoms with E-state index in [0.717, 1.165) is 15.0 Å². The SMILES string of the molecule is CC(C)CN(C)S(=O)(=O)NC(=O)c1cnn2ccc(N3C[C@@H](F)C[C@@H]3c3cccc(F)c3)c(F)c12. The molecule has 1 aromatic carbocycles. The highest BCUT2D eigenvalue weighted by Gasteiger charge is 2.36. The molecule has 0 unspecified atom stereocenters. The number of benzene rings is 1. The average Bonchev–Trinajstić information content (AvgIpc) is 3.37. The first-order chi connectivity index (χ1) is 16.5. The summed E-state index contributed by atoms with van der Waals surface area (Å²) in [5, 5.41) is 3.96. The number of anilines is 1. The summed E-state index contributed by atoms with van der Waals surface area (Å²) in [6.45, 7) is 3.70. The predicted octanol–water partition coefficient (Wildman–Crippen LogP) is 3.46. The van der Waals surface area contributed by atoms with Crippen molar-refractivity contribution in [1.29, 1.82) is 0 Å². The van der Waals surface area contributed by atoms with E-state index in [4.69, 9.17) is 0 Å². The van der Waals surface area contributed by atoms with E-state index in [1.54, 1.807) is 6.07 Å². The maximum Gasteiger partial charge on any atom is 0.303 e. The third-order valence-electron chi connectivity index (χ3n) is 5.89. The highest BCUT2D eigenvalue weighted by molar-refractivity contribution is 7.87. The Balaban J connectivity index is 1.70.